The van der Waals surface area contributed by atoms with Gasteiger partial charge in [-0.05, 0) is 62.0 Å². The van der Waals surface area contributed by atoms with Gasteiger partial charge in [0.1, 0.15) is 22.7 Å². The molecule has 1 unspecified atom stereocenters. The highest BCUT2D eigenvalue weighted by molar-refractivity contribution is 5.93. The number of pyridine rings is 2. The van der Waals surface area contributed by atoms with Gasteiger partial charge in [0.05, 0.1) is 24.6 Å². The second-order valence-corrected chi connectivity index (χ2v) is 9.10. The quantitative estimate of drug-likeness (QED) is 0.467. The third kappa shape index (κ3) is 3.42. The Morgan fingerprint density at radius 1 is 1.09 bits per heavy atom. The summed E-state index contributed by atoms with van der Waals surface area (Å²) in [7, 11) is 1.66. The maximum absolute atomic E-state index is 9.54. The molecule has 7 nitrogen and oxygen atoms in total. The lowest BCUT2D eigenvalue weighted by Gasteiger charge is -2.22. The molecule has 1 fully saturated rings. The smallest absolute Gasteiger partial charge is 0.147 e. The summed E-state index contributed by atoms with van der Waals surface area (Å²) >= 11 is 0. The molecule has 0 radical (unpaired) electrons. The Morgan fingerprint density at radius 3 is 2.74 bits per heavy atom. The van der Waals surface area contributed by atoms with E-state index in [0.29, 0.717) is 11.7 Å². The van der Waals surface area contributed by atoms with E-state index in [2.05, 4.69) is 45.8 Å². The van der Waals surface area contributed by atoms with Gasteiger partial charge >= 0.3 is 0 Å². The standard InChI is InChI=1S/C27H26N6O/c1-34-24-13-23-27(31-26(24)21-4-2-3-19-17(14-28)5-7-20(19)21)25(33-32-23)18-6-8-22(30-15-18)16-9-11-29-12-10-16/h2-4,6,8,13,15-17,29H,5,7,9-12H2,1H3,(H,32,33). The number of ether oxygens (including phenoxy) is 1. The predicted octanol–water partition coefficient (Wildman–Crippen LogP) is 4.72. The summed E-state index contributed by atoms with van der Waals surface area (Å²) in [5.41, 5.74) is 8.59. The molecule has 34 heavy (non-hydrogen) atoms. The summed E-state index contributed by atoms with van der Waals surface area (Å²) < 4.78 is 5.73. The van der Waals surface area contributed by atoms with Crippen LogP contribution >= 0.6 is 0 Å². The van der Waals surface area contributed by atoms with Crippen LogP contribution in [0.25, 0.3) is 33.5 Å². The first kappa shape index (κ1) is 20.8. The molecule has 0 spiro atoms. The highest BCUT2D eigenvalue weighted by Crippen LogP contribution is 2.42. The van der Waals surface area contributed by atoms with Crippen molar-refractivity contribution in [2.45, 2.75) is 37.5 Å². The monoisotopic (exact) mass is 450 g/mol. The number of hydrogen-bond donors (Lipinski definition) is 2. The summed E-state index contributed by atoms with van der Waals surface area (Å²) in [5, 5.41) is 20.6. The Hall–Kier alpha value is -3.76. The summed E-state index contributed by atoms with van der Waals surface area (Å²) in [6.07, 6.45) is 5.87. The molecule has 3 aromatic heterocycles. The second kappa shape index (κ2) is 8.54. The number of nitrogens with one attached hydrogen (secondary N) is 2. The van der Waals surface area contributed by atoms with Gasteiger partial charge in [-0.1, -0.05) is 18.2 Å². The third-order valence-electron chi connectivity index (χ3n) is 7.22. The van der Waals surface area contributed by atoms with Crippen LogP contribution in [-0.4, -0.2) is 40.4 Å². The maximum Gasteiger partial charge on any atom is 0.147 e. The Labute approximate surface area is 198 Å². The Morgan fingerprint density at radius 2 is 1.97 bits per heavy atom. The van der Waals surface area contributed by atoms with Crippen LogP contribution in [-0.2, 0) is 6.42 Å². The zero-order chi connectivity index (χ0) is 23.1. The number of rotatable bonds is 4. The fourth-order valence-corrected chi connectivity index (χ4v) is 5.39. The summed E-state index contributed by atoms with van der Waals surface area (Å²) in [6, 6.07) is 14.8. The van der Waals surface area contributed by atoms with E-state index in [1.807, 2.05) is 18.3 Å². The molecule has 4 aromatic rings. The van der Waals surface area contributed by atoms with E-state index < -0.39 is 0 Å². The van der Waals surface area contributed by atoms with Gasteiger partial charge < -0.3 is 10.1 Å². The number of benzene rings is 1. The molecule has 1 atom stereocenters. The van der Waals surface area contributed by atoms with Crippen LogP contribution in [0.4, 0.5) is 0 Å². The van der Waals surface area contributed by atoms with Gasteiger partial charge in [0.2, 0.25) is 0 Å². The van der Waals surface area contributed by atoms with Crippen molar-refractivity contribution in [2.24, 2.45) is 0 Å². The number of fused-ring (bicyclic) bond motifs is 2. The van der Waals surface area contributed by atoms with Gasteiger partial charge in [0.15, 0.2) is 0 Å². The molecule has 1 aromatic carbocycles. The molecule has 7 heteroatoms. The van der Waals surface area contributed by atoms with Crippen LogP contribution in [0.2, 0.25) is 0 Å². The zero-order valence-corrected chi connectivity index (χ0v) is 19.1. The van der Waals surface area contributed by atoms with Gasteiger partial charge in [0.25, 0.3) is 0 Å². The SMILES string of the molecule is COc1cc2[nH]nc(-c3ccc(C4CCNCC4)nc3)c2nc1-c1cccc2c1CCC2C#N. The first-order valence-electron chi connectivity index (χ1n) is 11.9. The molecule has 1 aliphatic heterocycles. The van der Waals surface area contributed by atoms with Gasteiger partial charge in [-0.15, -0.1) is 0 Å². The molecule has 1 saturated heterocycles. The van der Waals surface area contributed by atoms with Crippen molar-refractivity contribution in [3.63, 3.8) is 0 Å². The average Bonchev–Trinajstić information content (AvgIpc) is 3.52. The van der Waals surface area contributed by atoms with Crippen molar-refractivity contribution in [3.05, 3.63) is 59.4 Å². The van der Waals surface area contributed by atoms with Crippen LogP contribution in [0.3, 0.4) is 0 Å². The molecule has 0 amide bonds. The topological polar surface area (TPSA) is 99.5 Å². The number of nitriles is 1. The van der Waals surface area contributed by atoms with Crippen molar-refractivity contribution in [2.75, 3.05) is 20.2 Å². The normalized spacial score (nSPS) is 18.1. The summed E-state index contributed by atoms with van der Waals surface area (Å²) in [4.78, 5) is 9.84. The second-order valence-electron chi connectivity index (χ2n) is 9.10. The van der Waals surface area contributed by atoms with Gasteiger partial charge in [0, 0.05) is 35.0 Å². The Bertz CT molecular complexity index is 1400. The number of H-pyrrole nitrogens is 1. The number of aromatic nitrogens is 4. The lowest BCUT2D eigenvalue weighted by molar-refractivity contribution is 0.415. The number of nitrogens with zero attached hydrogens (tertiary/aromatic N) is 4. The van der Waals surface area contributed by atoms with Gasteiger partial charge in [-0.2, -0.15) is 10.4 Å². The molecule has 2 N–H and O–H groups in total. The minimum Gasteiger partial charge on any atom is -0.494 e. The lowest BCUT2D eigenvalue weighted by Crippen LogP contribution is -2.26. The molecule has 1 aliphatic carbocycles. The molecular weight excluding hydrogens is 424 g/mol. The average molecular weight is 451 g/mol. The van der Waals surface area contributed by atoms with E-state index in [1.54, 1.807) is 7.11 Å². The van der Waals surface area contributed by atoms with Crippen molar-refractivity contribution in [3.8, 4) is 34.3 Å². The number of methoxy groups -OCH3 is 1. The molecule has 4 heterocycles. The number of aromatic amines is 1. The minimum absolute atomic E-state index is 0.0568. The molecule has 170 valence electrons. The van der Waals surface area contributed by atoms with Crippen LogP contribution in [0.1, 0.15) is 47.9 Å². The van der Waals surface area contributed by atoms with Crippen LogP contribution in [0.5, 0.6) is 5.75 Å². The van der Waals surface area contributed by atoms with Crippen molar-refractivity contribution in [1.82, 2.24) is 25.5 Å². The third-order valence-corrected chi connectivity index (χ3v) is 7.22. The molecule has 0 bridgehead atoms. The van der Waals surface area contributed by atoms with Gasteiger partial charge in [-0.3, -0.25) is 10.1 Å². The largest absolute Gasteiger partial charge is 0.494 e. The molecule has 6 rings (SSSR count). The van der Waals surface area contributed by atoms with E-state index >= 15 is 0 Å². The van der Waals surface area contributed by atoms with E-state index in [9.17, 15) is 5.26 Å². The molecular formula is C27H26N6O. The number of hydrogen-bond acceptors (Lipinski definition) is 6. The van der Waals surface area contributed by atoms with Crippen molar-refractivity contribution in [1.29, 1.82) is 5.26 Å². The lowest BCUT2D eigenvalue weighted by atomic mass is 9.94. The van der Waals surface area contributed by atoms with Gasteiger partial charge in [-0.25, -0.2) is 4.98 Å². The van der Waals surface area contributed by atoms with Crippen LogP contribution < -0.4 is 10.1 Å². The summed E-state index contributed by atoms with van der Waals surface area (Å²) in [6.45, 7) is 2.09. The summed E-state index contributed by atoms with van der Waals surface area (Å²) in [5.74, 6) is 1.15. The fourth-order valence-electron chi connectivity index (χ4n) is 5.39. The van der Waals surface area contributed by atoms with E-state index in [-0.39, 0.29) is 5.92 Å². The first-order chi connectivity index (χ1) is 16.8. The van der Waals surface area contributed by atoms with Crippen LogP contribution in [0, 0.1) is 11.3 Å². The predicted molar refractivity (Wildman–Crippen MR) is 131 cm³/mol. The van der Waals surface area contributed by atoms with Crippen LogP contribution in [0.15, 0.2) is 42.6 Å². The molecule has 2 aliphatic rings. The highest BCUT2D eigenvalue weighted by Gasteiger charge is 2.27. The fraction of sp³-hybridized carbons (Fsp3) is 0.333. The first-order valence-corrected chi connectivity index (χ1v) is 11.9. The van der Waals surface area contributed by atoms with Crippen molar-refractivity contribution >= 4 is 11.0 Å². The van der Waals surface area contributed by atoms with E-state index in [1.165, 1.54) is 5.56 Å². The van der Waals surface area contributed by atoms with E-state index in [4.69, 9.17) is 14.7 Å². The Kier molecular flexibility index (Phi) is 5.23. The minimum atomic E-state index is -0.0568. The number of piperidine rings is 1. The van der Waals surface area contributed by atoms with Crippen molar-refractivity contribution < 1.29 is 4.74 Å². The Balaban J connectivity index is 1.43. The maximum atomic E-state index is 9.54. The van der Waals surface area contributed by atoms with E-state index in [0.717, 1.165) is 83.6 Å². The highest BCUT2D eigenvalue weighted by atomic mass is 16.5. The molecule has 0 saturated carbocycles. The zero-order valence-electron chi connectivity index (χ0n) is 19.1.